The normalized spacial score (nSPS) is 28.9. The number of amides is 3. The van der Waals surface area contributed by atoms with Crippen LogP contribution in [0.5, 0.6) is 0 Å². The van der Waals surface area contributed by atoms with Gasteiger partial charge < -0.3 is 4.90 Å². The zero-order chi connectivity index (χ0) is 11.1. The third kappa shape index (κ3) is 1.98. The summed E-state index contributed by atoms with van der Waals surface area (Å²) in [6.07, 6.45) is 3.56. The summed E-state index contributed by atoms with van der Waals surface area (Å²) < 4.78 is 0. The zero-order valence-electron chi connectivity index (χ0n) is 9.38. The standard InChI is InChI=1S/C11H18N2O2/c1-3-11(4-5-11)7-13-6-8(2)9(14)12-10(13)15/h8H,3-7H2,1-2H3,(H,12,14,15). The van der Waals surface area contributed by atoms with Gasteiger partial charge in [-0.15, -0.1) is 0 Å². The monoisotopic (exact) mass is 210 g/mol. The van der Waals surface area contributed by atoms with E-state index < -0.39 is 0 Å². The Morgan fingerprint density at radius 3 is 2.67 bits per heavy atom. The molecule has 1 heterocycles. The van der Waals surface area contributed by atoms with Crippen molar-refractivity contribution < 1.29 is 9.59 Å². The van der Waals surface area contributed by atoms with E-state index in [2.05, 4.69) is 12.2 Å². The fraction of sp³-hybridized carbons (Fsp3) is 0.818. The molecule has 2 fully saturated rings. The molecule has 1 atom stereocenters. The fourth-order valence-electron chi connectivity index (χ4n) is 2.15. The topological polar surface area (TPSA) is 49.4 Å². The maximum Gasteiger partial charge on any atom is 0.324 e. The lowest BCUT2D eigenvalue weighted by Crippen LogP contribution is -2.54. The molecule has 2 aliphatic rings. The average Bonchev–Trinajstić information content (AvgIpc) is 2.95. The van der Waals surface area contributed by atoms with Crippen molar-refractivity contribution in [2.24, 2.45) is 11.3 Å². The molecular formula is C11H18N2O2. The van der Waals surface area contributed by atoms with Crippen LogP contribution in [0.4, 0.5) is 4.79 Å². The summed E-state index contributed by atoms with van der Waals surface area (Å²) >= 11 is 0. The number of hydrogen-bond donors (Lipinski definition) is 1. The van der Waals surface area contributed by atoms with Crippen molar-refractivity contribution in [2.45, 2.75) is 33.1 Å². The minimum atomic E-state index is -0.210. The average molecular weight is 210 g/mol. The van der Waals surface area contributed by atoms with Crippen molar-refractivity contribution in [3.05, 3.63) is 0 Å². The minimum Gasteiger partial charge on any atom is -0.323 e. The van der Waals surface area contributed by atoms with Crippen LogP contribution in [0.15, 0.2) is 0 Å². The molecule has 0 aromatic rings. The second kappa shape index (κ2) is 3.51. The number of hydrogen-bond acceptors (Lipinski definition) is 2. The maximum atomic E-state index is 11.6. The van der Waals surface area contributed by atoms with E-state index in [1.54, 1.807) is 4.90 Å². The number of rotatable bonds is 3. The zero-order valence-corrected chi connectivity index (χ0v) is 9.38. The van der Waals surface area contributed by atoms with Gasteiger partial charge in [-0.25, -0.2) is 4.79 Å². The molecule has 3 amide bonds. The second-order valence-corrected chi connectivity index (χ2v) is 4.93. The van der Waals surface area contributed by atoms with E-state index in [4.69, 9.17) is 0 Å². The molecule has 2 rings (SSSR count). The highest BCUT2D eigenvalue weighted by Crippen LogP contribution is 2.49. The fourth-order valence-corrected chi connectivity index (χ4v) is 2.15. The quantitative estimate of drug-likeness (QED) is 0.764. The Morgan fingerprint density at radius 1 is 1.47 bits per heavy atom. The molecule has 15 heavy (non-hydrogen) atoms. The van der Waals surface area contributed by atoms with Gasteiger partial charge in [0.1, 0.15) is 0 Å². The van der Waals surface area contributed by atoms with Gasteiger partial charge in [0, 0.05) is 13.1 Å². The number of carbonyl (C=O) groups is 2. The Morgan fingerprint density at radius 2 is 2.13 bits per heavy atom. The van der Waals surface area contributed by atoms with Gasteiger partial charge in [0.15, 0.2) is 0 Å². The van der Waals surface area contributed by atoms with Crippen LogP contribution in [0.1, 0.15) is 33.1 Å². The van der Waals surface area contributed by atoms with Gasteiger partial charge in [0.2, 0.25) is 5.91 Å². The van der Waals surface area contributed by atoms with E-state index in [0.29, 0.717) is 12.0 Å². The van der Waals surface area contributed by atoms with E-state index in [-0.39, 0.29) is 17.9 Å². The lowest BCUT2D eigenvalue weighted by molar-refractivity contribution is -0.125. The van der Waals surface area contributed by atoms with Crippen LogP contribution < -0.4 is 5.32 Å². The minimum absolute atomic E-state index is 0.0737. The molecule has 4 nitrogen and oxygen atoms in total. The van der Waals surface area contributed by atoms with E-state index in [0.717, 1.165) is 13.0 Å². The summed E-state index contributed by atoms with van der Waals surface area (Å²) in [6.45, 7) is 5.42. The van der Waals surface area contributed by atoms with Gasteiger partial charge in [0.25, 0.3) is 0 Å². The highest BCUT2D eigenvalue weighted by molar-refractivity contribution is 5.97. The number of nitrogens with zero attached hydrogens (tertiary/aromatic N) is 1. The number of nitrogens with one attached hydrogen (secondary N) is 1. The van der Waals surface area contributed by atoms with Gasteiger partial charge in [0.05, 0.1) is 5.92 Å². The number of carbonyl (C=O) groups excluding carboxylic acids is 2. The highest BCUT2D eigenvalue weighted by atomic mass is 16.2. The maximum absolute atomic E-state index is 11.6. The predicted molar refractivity (Wildman–Crippen MR) is 56.2 cm³/mol. The highest BCUT2D eigenvalue weighted by Gasteiger charge is 2.44. The summed E-state index contributed by atoms with van der Waals surface area (Å²) in [5, 5.41) is 2.40. The smallest absolute Gasteiger partial charge is 0.323 e. The first-order chi connectivity index (χ1) is 7.06. The summed E-state index contributed by atoms with van der Waals surface area (Å²) in [5.74, 6) is -0.215. The summed E-state index contributed by atoms with van der Waals surface area (Å²) in [4.78, 5) is 24.6. The molecule has 4 heteroatoms. The Balaban J connectivity index is 1.97. The van der Waals surface area contributed by atoms with Crippen molar-refractivity contribution in [2.75, 3.05) is 13.1 Å². The summed E-state index contributed by atoms with van der Waals surface area (Å²) in [6, 6.07) is -0.210. The van der Waals surface area contributed by atoms with Crippen LogP contribution in [0.2, 0.25) is 0 Å². The molecule has 0 spiro atoms. The van der Waals surface area contributed by atoms with Gasteiger partial charge >= 0.3 is 6.03 Å². The first-order valence-corrected chi connectivity index (χ1v) is 5.66. The van der Waals surface area contributed by atoms with Crippen LogP contribution in [0, 0.1) is 11.3 Å². The lowest BCUT2D eigenvalue weighted by atomic mass is 10.0. The molecule has 1 aliphatic carbocycles. The van der Waals surface area contributed by atoms with Gasteiger partial charge in [-0.1, -0.05) is 13.8 Å². The van der Waals surface area contributed by atoms with Crippen LogP contribution in [0.25, 0.3) is 0 Å². The third-order valence-electron chi connectivity index (χ3n) is 3.69. The molecule has 0 aromatic heterocycles. The van der Waals surface area contributed by atoms with E-state index in [9.17, 15) is 9.59 Å². The van der Waals surface area contributed by atoms with Crippen molar-refractivity contribution in [1.29, 1.82) is 0 Å². The largest absolute Gasteiger partial charge is 0.324 e. The number of urea groups is 1. The molecule has 1 aliphatic heterocycles. The van der Waals surface area contributed by atoms with E-state index >= 15 is 0 Å². The molecule has 0 aromatic carbocycles. The molecule has 0 radical (unpaired) electrons. The SMILES string of the molecule is CCC1(CN2CC(C)C(=O)NC2=O)CC1. The molecular weight excluding hydrogens is 192 g/mol. The van der Waals surface area contributed by atoms with Gasteiger partial charge in [-0.2, -0.15) is 0 Å². The molecule has 1 saturated carbocycles. The Hall–Kier alpha value is -1.06. The second-order valence-electron chi connectivity index (χ2n) is 4.93. The first-order valence-electron chi connectivity index (χ1n) is 5.66. The van der Waals surface area contributed by atoms with Gasteiger partial charge in [-0.05, 0) is 24.7 Å². The van der Waals surface area contributed by atoms with Crippen LogP contribution in [-0.4, -0.2) is 29.9 Å². The third-order valence-corrected chi connectivity index (χ3v) is 3.69. The van der Waals surface area contributed by atoms with Crippen molar-refractivity contribution >= 4 is 11.9 Å². The summed E-state index contributed by atoms with van der Waals surface area (Å²) in [7, 11) is 0. The number of imide groups is 1. The molecule has 1 saturated heterocycles. The lowest BCUT2D eigenvalue weighted by Gasteiger charge is -2.33. The summed E-state index contributed by atoms with van der Waals surface area (Å²) in [5.41, 5.74) is 0.359. The Labute approximate surface area is 90.0 Å². The van der Waals surface area contributed by atoms with Crippen LogP contribution in [-0.2, 0) is 4.79 Å². The predicted octanol–water partition coefficient (Wildman–Crippen LogP) is 1.36. The first kappa shape index (κ1) is 10.5. The van der Waals surface area contributed by atoms with Gasteiger partial charge in [-0.3, -0.25) is 10.1 Å². The Kier molecular flexibility index (Phi) is 2.44. The van der Waals surface area contributed by atoms with E-state index in [1.807, 2.05) is 6.92 Å². The van der Waals surface area contributed by atoms with Crippen molar-refractivity contribution in [3.63, 3.8) is 0 Å². The molecule has 1 unspecified atom stereocenters. The molecule has 84 valence electrons. The Bertz CT molecular complexity index is 297. The van der Waals surface area contributed by atoms with Crippen molar-refractivity contribution in [1.82, 2.24) is 10.2 Å². The van der Waals surface area contributed by atoms with E-state index in [1.165, 1.54) is 12.8 Å². The molecule has 1 N–H and O–H groups in total. The molecule has 0 bridgehead atoms. The van der Waals surface area contributed by atoms with Crippen molar-refractivity contribution in [3.8, 4) is 0 Å². The van der Waals surface area contributed by atoms with Crippen LogP contribution in [0.3, 0.4) is 0 Å². The van der Waals surface area contributed by atoms with Crippen LogP contribution >= 0.6 is 0 Å².